The van der Waals surface area contributed by atoms with E-state index in [9.17, 15) is 18.0 Å². The summed E-state index contributed by atoms with van der Waals surface area (Å²) in [7, 11) is -4.04. The Labute approximate surface area is 220 Å². The van der Waals surface area contributed by atoms with E-state index in [0.29, 0.717) is 18.7 Å². The maximum atomic E-state index is 13.7. The van der Waals surface area contributed by atoms with Crippen LogP contribution >= 0.6 is 0 Å². The van der Waals surface area contributed by atoms with Gasteiger partial charge in [-0.25, -0.2) is 8.42 Å². The summed E-state index contributed by atoms with van der Waals surface area (Å²) in [4.78, 5) is 28.0. The molecule has 0 saturated carbocycles. The molecule has 37 heavy (non-hydrogen) atoms. The lowest BCUT2D eigenvalue weighted by Gasteiger charge is -2.32. The number of benzene rings is 3. The number of hydrogen-bond acceptors (Lipinski definition) is 4. The van der Waals surface area contributed by atoms with Gasteiger partial charge < -0.3 is 10.2 Å². The average Bonchev–Trinajstić information content (AvgIpc) is 2.93. The minimum atomic E-state index is -4.04. The summed E-state index contributed by atoms with van der Waals surface area (Å²) in [6.07, 6.45) is 1.34. The van der Waals surface area contributed by atoms with Crippen LogP contribution in [0, 0.1) is 0 Å². The highest BCUT2D eigenvalue weighted by Gasteiger charge is 2.32. The van der Waals surface area contributed by atoms with E-state index in [1.807, 2.05) is 56.3 Å². The van der Waals surface area contributed by atoms with Crippen molar-refractivity contribution in [3.8, 4) is 0 Å². The summed E-state index contributed by atoms with van der Waals surface area (Å²) in [6.45, 7) is 5.78. The fourth-order valence-corrected chi connectivity index (χ4v) is 5.47. The average molecular weight is 522 g/mol. The third kappa shape index (κ3) is 7.20. The summed E-state index contributed by atoms with van der Waals surface area (Å²) in [6, 6.07) is 24.1. The first-order valence-electron chi connectivity index (χ1n) is 12.6. The summed E-state index contributed by atoms with van der Waals surface area (Å²) < 4.78 is 28.5. The molecule has 0 aliphatic rings. The normalized spacial score (nSPS) is 12.0. The van der Waals surface area contributed by atoms with Gasteiger partial charge in [0, 0.05) is 13.1 Å². The molecule has 8 heteroatoms. The van der Waals surface area contributed by atoms with E-state index in [4.69, 9.17) is 0 Å². The highest BCUT2D eigenvalue weighted by atomic mass is 32.2. The molecule has 0 radical (unpaired) electrons. The zero-order valence-electron chi connectivity index (χ0n) is 21.6. The van der Waals surface area contributed by atoms with Crippen LogP contribution in [0.5, 0.6) is 0 Å². The minimum absolute atomic E-state index is 0.0926. The fraction of sp³-hybridized carbons (Fsp3) is 0.310. The molecular weight excluding hydrogens is 486 g/mol. The van der Waals surface area contributed by atoms with Gasteiger partial charge in [-0.05, 0) is 62.1 Å². The zero-order valence-corrected chi connectivity index (χ0v) is 22.4. The van der Waals surface area contributed by atoms with Crippen LogP contribution in [0.1, 0.15) is 31.9 Å². The first kappa shape index (κ1) is 27.9. The lowest BCUT2D eigenvalue weighted by Crippen LogP contribution is -2.52. The first-order chi connectivity index (χ1) is 17.8. The van der Waals surface area contributed by atoms with Crippen molar-refractivity contribution in [2.75, 3.05) is 23.9 Å². The molecule has 1 atom stereocenters. The number of sulfonamides is 1. The number of aryl methyl sites for hydroxylation is 1. The van der Waals surface area contributed by atoms with E-state index >= 15 is 0 Å². The Bertz CT molecular complexity index is 1260. The molecule has 0 unspecified atom stereocenters. The molecule has 0 spiro atoms. The minimum Gasteiger partial charge on any atom is -0.355 e. The second kappa shape index (κ2) is 13.1. The maximum absolute atomic E-state index is 13.7. The Kier molecular flexibility index (Phi) is 9.85. The van der Waals surface area contributed by atoms with Gasteiger partial charge in [0.1, 0.15) is 12.6 Å². The van der Waals surface area contributed by atoms with E-state index in [2.05, 4.69) is 5.32 Å². The van der Waals surface area contributed by atoms with Gasteiger partial charge in [-0.15, -0.1) is 0 Å². The Morgan fingerprint density at radius 2 is 1.43 bits per heavy atom. The van der Waals surface area contributed by atoms with Crippen LogP contribution in [-0.4, -0.2) is 50.8 Å². The lowest BCUT2D eigenvalue weighted by molar-refractivity contribution is -0.138. The largest absolute Gasteiger partial charge is 0.355 e. The van der Waals surface area contributed by atoms with Crippen LogP contribution in [0.2, 0.25) is 0 Å². The number of rotatable bonds is 12. The molecule has 2 amide bonds. The topological polar surface area (TPSA) is 86.8 Å². The van der Waals surface area contributed by atoms with Gasteiger partial charge in [-0.2, -0.15) is 0 Å². The van der Waals surface area contributed by atoms with Gasteiger partial charge in [0.15, 0.2) is 0 Å². The van der Waals surface area contributed by atoms with Crippen LogP contribution in [0.15, 0.2) is 89.8 Å². The number of anilines is 1. The lowest BCUT2D eigenvalue weighted by atomic mass is 10.1. The van der Waals surface area contributed by atoms with Crippen LogP contribution in [-0.2, 0) is 32.5 Å². The Morgan fingerprint density at radius 3 is 2.00 bits per heavy atom. The third-order valence-electron chi connectivity index (χ3n) is 6.25. The number of carbonyl (C=O) groups is 2. The molecule has 3 rings (SSSR count). The van der Waals surface area contributed by atoms with E-state index in [0.717, 1.165) is 21.9 Å². The van der Waals surface area contributed by atoms with Crippen LogP contribution < -0.4 is 9.62 Å². The van der Waals surface area contributed by atoms with E-state index < -0.39 is 28.5 Å². The highest BCUT2D eigenvalue weighted by molar-refractivity contribution is 7.92. The predicted octanol–water partition coefficient (Wildman–Crippen LogP) is 4.04. The number of likely N-dealkylation sites (N-methyl/N-ethyl adjacent to an activating group) is 1. The predicted molar refractivity (Wildman–Crippen MR) is 147 cm³/mol. The molecule has 0 aliphatic heterocycles. The second-order valence-electron chi connectivity index (χ2n) is 8.74. The van der Waals surface area contributed by atoms with E-state index in [-0.39, 0.29) is 17.3 Å². The van der Waals surface area contributed by atoms with Gasteiger partial charge in [-0.1, -0.05) is 67.6 Å². The monoisotopic (exact) mass is 521 g/mol. The van der Waals surface area contributed by atoms with Gasteiger partial charge in [0.25, 0.3) is 10.0 Å². The number of nitrogens with zero attached hydrogens (tertiary/aromatic N) is 2. The van der Waals surface area contributed by atoms with Crippen molar-refractivity contribution in [2.45, 2.75) is 44.6 Å². The SMILES string of the molecule is CCNC(=O)[C@@H](C)N(CCc1ccccc1)C(=O)CN(c1ccc(CC)cc1)S(=O)(=O)c1ccccc1. The van der Waals surface area contributed by atoms with Crippen molar-refractivity contribution in [1.29, 1.82) is 0 Å². The summed E-state index contributed by atoms with van der Waals surface area (Å²) in [5.74, 6) is -0.734. The first-order valence-corrected chi connectivity index (χ1v) is 14.0. The third-order valence-corrected chi connectivity index (χ3v) is 8.03. The van der Waals surface area contributed by atoms with E-state index in [1.165, 1.54) is 17.0 Å². The molecule has 0 aromatic heterocycles. The molecule has 0 fully saturated rings. The molecule has 0 aliphatic carbocycles. The molecule has 3 aromatic rings. The van der Waals surface area contributed by atoms with Gasteiger partial charge in [0.05, 0.1) is 10.6 Å². The molecule has 1 N–H and O–H groups in total. The smallest absolute Gasteiger partial charge is 0.264 e. The molecule has 0 saturated heterocycles. The van der Waals surface area contributed by atoms with E-state index in [1.54, 1.807) is 37.3 Å². The van der Waals surface area contributed by atoms with Gasteiger partial charge >= 0.3 is 0 Å². The molecule has 3 aromatic carbocycles. The van der Waals surface area contributed by atoms with Crippen LogP contribution in [0.4, 0.5) is 5.69 Å². The Balaban J connectivity index is 1.96. The van der Waals surface area contributed by atoms with Crippen LogP contribution in [0.25, 0.3) is 0 Å². The van der Waals surface area contributed by atoms with Crippen molar-refractivity contribution in [1.82, 2.24) is 10.2 Å². The van der Waals surface area contributed by atoms with Crippen molar-refractivity contribution >= 4 is 27.5 Å². The zero-order chi connectivity index (χ0) is 26.8. The summed E-state index contributed by atoms with van der Waals surface area (Å²) in [5.41, 5.74) is 2.47. The molecule has 0 heterocycles. The molecule has 196 valence electrons. The van der Waals surface area contributed by atoms with Crippen LogP contribution in [0.3, 0.4) is 0 Å². The number of carbonyl (C=O) groups excluding carboxylic acids is 2. The molecule has 0 bridgehead atoms. The highest BCUT2D eigenvalue weighted by Crippen LogP contribution is 2.25. The number of hydrogen-bond donors (Lipinski definition) is 1. The maximum Gasteiger partial charge on any atom is 0.264 e. The van der Waals surface area contributed by atoms with Crippen molar-refractivity contribution in [2.24, 2.45) is 0 Å². The van der Waals surface area contributed by atoms with Gasteiger partial charge in [-0.3, -0.25) is 13.9 Å². The summed E-state index contributed by atoms with van der Waals surface area (Å²) in [5, 5.41) is 2.77. The van der Waals surface area contributed by atoms with Crippen molar-refractivity contribution in [3.63, 3.8) is 0 Å². The van der Waals surface area contributed by atoms with Crippen molar-refractivity contribution < 1.29 is 18.0 Å². The number of nitrogens with one attached hydrogen (secondary N) is 1. The Hall–Kier alpha value is -3.65. The number of amides is 2. The van der Waals surface area contributed by atoms with Crippen molar-refractivity contribution in [3.05, 3.63) is 96.1 Å². The second-order valence-corrected chi connectivity index (χ2v) is 10.6. The summed E-state index contributed by atoms with van der Waals surface area (Å²) >= 11 is 0. The Morgan fingerprint density at radius 1 is 0.838 bits per heavy atom. The van der Waals surface area contributed by atoms with Gasteiger partial charge in [0.2, 0.25) is 11.8 Å². The molecular formula is C29H35N3O4S. The quantitative estimate of drug-likeness (QED) is 0.390. The molecule has 7 nitrogen and oxygen atoms in total. The fourth-order valence-electron chi connectivity index (χ4n) is 4.04. The standard InChI is InChI=1S/C29H35N3O4S/c1-4-24-16-18-26(19-17-24)32(37(35,36)27-14-10-7-11-15-27)22-28(33)31(23(3)29(34)30-5-2)21-20-25-12-8-6-9-13-25/h6-19,23H,4-5,20-22H2,1-3H3,(H,30,34)/t23-/m1/s1.